The number of halogens is 3. The van der Waals surface area contributed by atoms with E-state index in [1.165, 1.54) is 11.8 Å². The highest BCUT2D eigenvalue weighted by Crippen LogP contribution is 2.27. The van der Waals surface area contributed by atoms with Gasteiger partial charge in [-0.05, 0) is 32.2 Å². The number of nitrogens with zero attached hydrogens (tertiary/aromatic N) is 1. The molecule has 1 aliphatic heterocycles. The minimum absolute atomic E-state index is 0.401. The van der Waals surface area contributed by atoms with Gasteiger partial charge in [0.15, 0.2) is 0 Å². The van der Waals surface area contributed by atoms with E-state index in [9.17, 15) is 13.2 Å². The van der Waals surface area contributed by atoms with Crippen LogP contribution in [0.4, 0.5) is 13.2 Å². The molecule has 78 valence electrons. The van der Waals surface area contributed by atoms with Gasteiger partial charge in [0.25, 0.3) is 0 Å². The normalized spacial score (nSPS) is 28.8. The van der Waals surface area contributed by atoms with E-state index in [0.717, 1.165) is 12.8 Å². The highest BCUT2D eigenvalue weighted by molar-refractivity contribution is 4.79. The Hall–Kier alpha value is -0.250. The molecule has 0 bridgehead atoms. The maximum atomic E-state index is 12.3. The van der Waals surface area contributed by atoms with Crippen molar-refractivity contribution in [2.75, 3.05) is 13.1 Å². The second kappa shape index (κ2) is 3.86. The molecule has 0 aromatic rings. The zero-order valence-corrected chi connectivity index (χ0v) is 8.06. The first-order chi connectivity index (χ1) is 5.91. The van der Waals surface area contributed by atoms with Crippen molar-refractivity contribution in [2.24, 2.45) is 5.92 Å². The van der Waals surface area contributed by atoms with Crippen LogP contribution in [-0.2, 0) is 0 Å². The molecule has 0 spiro atoms. The highest BCUT2D eigenvalue weighted by atomic mass is 19.4. The Morgan fingerprint density at radius 2 is 2.00 bits per heavy atom. The second-order valence-electron chi connectivity index (χ2n) is 3.96. The standard InChI is InChI=1S/C9H16F3N/c1-7-4-3-5-13(6-7)8(2)9(10,11)12/h7-8H,3-6H2,1-2H3. The molecule has 1 fully saturated rings. The number of rotatable bonds is 1. The first kappa shape index (κ1) is 10.8. The van der Waals surface area contributed by atoms with Gasteiger partial charge in [0.1, 0.15) is 6.04 Å². The minimum atomic E-state index is -4.07. The summed E-state index contributed by atoms with van der Waals surface area (Å²) in [4.78, 5) is 1.54. The van der Waals surface area contributed by atoms with Gasteiger partial charge < -0.3 is 0 Å². The summed E-state index contributed by atoms with van der Waals surface area (Å²) in [6, 6.07) is -1.28. The highest BCUT2D eigenvalue weighted by Gasteiger charge is 2.40. The third-order valence-electron chi connectivity index (χ3n) is 2.71. The molecule has 0 saturated carbocycles. The van der Waals surface area contributed by atoms with Gasteiger partial charge in [0.05, 0.1) is 0 Å². The SMILES string of the molecule is CC1CCCN(C(C)C(F)(F)F)C1. The lowest BCUT2D eigenvalue weighted by Gasteiger charge is -2.36. The molecule has 1 aliphatic rings. The van der Waals surface area contributed by atoms with Crippen LogP contribution in [0.1, 0.15) is 26.7 Å². The van der Waals surface area contributed by atoms with E-state index >= 15 is 0 Å². The largest absolute Gasteiger partial charge is 0.403 e. The molecule has 1 rings (SSSR count). The molecule has 1 saturated heterocycles. The average molecular weight is 195 g/mol. The van der Waals surface area contributed by atoms with Gasteiger partial charge in [-0.1, -0.05) is 6.92 Å². The smallest absolute Gasteiger partial charge is 0.292 e. The van der Waals surface area contributed by atoms with Crippen molar-refractivity contribution in [3.8, 4) is 0 Å². The molecular weight excluding hydrogens is 179 g/mol. The number of alkyl halides is 3. The topological polar surface area (TPSA) is 3.24 Å². The summed E-state index contributed by atoms with van der Waals surface area (Å²) in [5, 5.41) is 0. The Kier molecular flexibility index (Phi) is 3.22. The predicted octanol–water partition coefficient (Wildman–Crippen LogP) is 2.67. The van der Waals surface area contributed by atoms with Gasteiger partial charge in [0.2, 0.25) is 0 Å². The number of likely N-dealkylation sites (tertiary alicyclic amines) is 1. The molecule has 1 heterocycles. The third kappa shape index (κ3) is 2.86. The maximum absolute atomic E-state index is 12.3. The van der Waals surface area contributed by atoms with Crippen molar-refractivity contribution in [1.29, 1.82) is 0 Å². The molecule has 0 aromatic heterocycles. The van der Waals surface area contributed by atoms with Gasteiger partial charge in [-0.2, -0.15) is 13.2 Å². The fourth-order valence-electron chi connectivity index (χ4n) is 1.78. The van der Waals surface area contributed by atoms with Crippen molar-refractivity contribution < 1.29 is 13.2 Å². The van der Waals surface area contributed by atoms with Crippen LogP contribution in [0.5, 0.6) is 0 Å². The molecule has 4 heteroatoms. The summed E-state index contributed by atoms with van der Waals surface area (Å²) in [6.45, 7) is 4.43. The van der Waals surface area contributed by atoms with Crippen LogP contribution in [0, 0.1) is 5.92 Å². The van der Waals surface area contributed by atoms with Gasteiger partial charge in [-0.3, -0.25) is 4.90 Å². The van der Waals surface area contributed by atoms with Crippen LogP contribution >= 0.6 is 0 Å². The molecule has 0 radical (unpaired) electrons. The zero-order valence-electron chi connectivity index (χ0n) is 8.06. The summed E-state index contributed by atoms with van der Waals surface area (Å²) in [5.74, 6) is 0.401. The third-order valence-corrected chi connectivity index (χ3v) is 2.71. The van der Waals surface area contributed by atoms with Crippen molar-refractivity contribution >= 4 is 0 Å². The zero-order chi connectivity index (χ0) is 10.1. The minimum Gasteiger partial charge on any atom is -0.292 e. The maximum Gasteiger partial charge on any atom is 0.403 e. The summed E-state index contributed by atoms with van der Waals surface area (Å²) >= 11 is 0. The van der Waals surface area contributed by atoms with Crippen LogP contribution in [0.3, 0.4) is 0 Å². The molecular formula is C9H16F3N. The van der Waals surface area contributed by atoms with Gasteiger partial charge in [0, 0.05) is 6.54 Å². The molecule has 2 unspecified atom stereocenters. The summed E-state index contributed by atoms with van der Waals surface area (Å²) in [5.41, 5.74) is 0. The molecule has 0 aromatic carbocycles. The molecule has 0 amide bonds. The van der Waals surface area contributed by atoms with Crippen molar-refractivity contribution in [2.45, 2.75) is 38.9 Å². The van der Waals surface area contributed by atoms with Crippen LogP contribution in [0.2, 0.25) is 0 Å². The lowest BCUT2D eigenvalue weighted by Crippen LogP contribution is -2.47. The monoisotopic (exact) mass is 195 g/mol. The van der Waals surface area contributed by atoms with Gasteiger partial charge >= 0.3 is 6.18 Å². The molecule has 0 N–H and O–H groups in total. The summed E-state index contributed by atoms with van der Waals surface area (Å²) in [7, 11) is 0. The van der Waals surface area contributed by atoms with Crippen LogP contribution in [0.25, 0.3) is 0 Å². The number of hydrogen-bond acceptors (Lipinski definition) is 1. The van der Waals surface area contributed by atoms with E-state index in [2.05, 4.69) is 0 Å². The van der Waals surface area contributed by atoms with E-state index in [1.807, 2.05) is 6.92 Å². The van der Waals surface area contributed by atoms with E-state index in [-0.39, 0.29) is 0 Å². The Morgan fingerprint density at radius 3 is 2.46 bits per heavy atom. The first-order valence-electron chi connectivity index (χ1n) is 4.72. The Labute approximate surface area is 76.9 Å². The fraction of sp³-hybridized carbons (Fsp3) is 1.00. The lowest BCUT2D eigenvalue weighted by atomic mass is 9.99. The Bertz CT molecular complexity index is 167. The Balaban J connectivity index is 2.51. The van der Waals surface area contributed by atoms with Crippen LogP contribution < -0.4 is 0 Å². The molecule has 2 atom stereocenters. The van der Waals surface area contributed by atoms with E-state index < -0.39 is 12.2 Å². The molecule has 0 aliphatic carbocycles. The average Bonchev–Trinajstić information content (AvgIpc) is 2.01. The summed E-state index contributed by atoms with van der Waals surface area (Å²) in [6.07, 6.45) is -2.13. The van der Waals surface area contributed by atoms with Gasteiger partial charge in [-0.25, -0.2) is 0 Å². The Morgan fingerprint density at radius 1 is 1.38 bits per heavy atom. The number of hydrogen-bond donors (Lipinski definition) is 0. The van der Waals surface area contributed by atoms with E-state index in [4.69, 9.17) is 0 Å². The van der Waals surface area contributed by atoms with Crippen LogP contribution in [0.15, 0.2) is 0 Å². The second-order valence-corrected chi connectivity index (χ2v) is 3.96. The van der Waals surface area contributed by atoms with E-state index in [1.54, 1.807) is 0 Å². The van der Waals surface area contributed by atoms with E-state index in [0.29, 0.717) is 19.0 Å². The first-order valence-corrected chi connectivity index (χ1v) is 4.72. The predicted molar refractivity (Wildman–Crippen MR) is 45.5 cm³/mol. The van der Waals surface area contributed by atoms with Crippen LogP contribution in [-0.4, -0.2) is 30.2 Å². The van der Waals surface area contributed by atoms with Crippen molar-refractivity contribution in [3.05, 3.63) is 0 Å². The molecule has 1 nitrogen and oxygen atoms in total. The van der Waals surface area contributed by atoms with Gasteiger partial charge in [-0.15, -0.1) is 0 Å². The molecule has 13 heavy (non-hydrogen) atoms. The summed E-state index contributed by atoms with van der Waals surface area (Å²) < 4.78 is 37.0. The van der Waals surface area contributed by atoms with Crippen molar-refractivity contribution in [1.82, 2.24) is 4.90 Å². The number of piperidine rings is 1. The quantitative estimate of drug-likeness (QED) is 0.621. The van der Waals surface area contributed by atoms with Crippen molar-refractivity contribution in [3.63, 3.8) is 0 Å². The fourth-order valence-corrected chi connectivity index (χ4v) is 1.78. The lowest BCUT2D eigenvalue weighted by molar-refractivity contribution is -0.182.